The summed E-state index contributed by atoms with van der Waals surface area (Å²) in [5.74, 6) is -0.433. The summed E-state index contributed by atoms with van der Waals surface area (Å²) in [4.78, 5) is 11.4. The predicted molar refractivity (Wildman–Crippen MR) is 69.2 cm³/mol. The third kappa shape index (κ3) is 4.48. The Kier molecular flexibility index (Phi) is 5.56. The van der Waals surface area contributed by atoms with E-state index >= 15 is 0 Å². The molecule has 0 fully saturated rings. The second kappa shape index (κ2) is 6.96. The van der Waals surface area contributed by atoms with Crippen molar-refractivity contribution in [1.82, 2.24) is 0 Å². The van der Waals surface area contributed by atoms with Gasteiger partial charge in [0, 0.05) is 0 Å². The van der Waals surface area contributed by atoms with Gasteiger partial charge in [-0.1, -0.05) is 18.2 Å². The van der Waals surface area contributed by atoms with Crippen molar-refractivity contribution in [2.24, 2.45) is 10.2 Å². The van der Waals surface area contributed by atoms with E-state index in [1.807, 2.05) is 30.3 Å². The van der Waals surface area contributed by atoms with E-state index in [0.29, 0.717) is 16.8 Å². The average Bonchev–Trinajstić information content (AvgIpc) is 2.36. The maximum absolute atomic E-state index is 11.4. The molecule has 0 N–H and O–H groups in total. The Bertz CT molecular complexity index is 441. The van der Waals surface area contributed by atoms with E-state index in [1.165, 1.54) is 0 Å². The second-order valence-electron chi connectivity index (χ2n) is 3.16. The number of benzene rings is 1. The standard InChI is InChI=1S/C12H13BrN2O2/c1-3-17-12(16)11(13)9(2)14-15-10-7-5-4-6-8-10/h4-8H,3H2,1-2H3/b11-9+,15-14?. The van der Waals surface area contributed by atoms with Crippen molar-refractivity contribution in [3.8, 4) is 0 Å². The average molecular weight is 297 g/mol. The monoisotopic (exact) mass is 296 g/mol. The minimum absolute atomic E-state index is 0.291. The molecule has 0 amide bonds. The Labute approximate surface area is 109 Å². The molecule has 17 heavy (non-hydrogen) atoms. The van der Waals surface area contributed by atoms with Crippen LogP contribution in [0.25, 0.3) is 0 Å². The molecule has 4 nitrogen and oxygen atoms in total. The molecule has 1 aromatic carbocycles. The SMILES string of the molecule is CCOC(=O)/C(Br)=C(/C)N=Nc1ccccc1. The molecule has 0 atom stereocenters. The van der Waals surface area contributed by atoms with E-state index in [2.05, 4.69) is 26.2 Å². The van der Waals surface area contributed by atoms with Gasteiger partial charge in [0.15, 0.2) is 0 Å². The van der Waals surface area contributed by atoms with E-state index in [9.17, 15) is 4.79 Å². The van der Waals surface area contributed by atoms with Gasteiger partial charge in [-0.15, -0.1) is 0 Å². The smallest absolute Gasteiger partial charge is 0.347 e. The van der Waals surface area contributed by atoms with Crippen molar-refractivity contribution in [1.29, 1.82) is 0 Å². The Morgan fingerprint density at radius 2 is 2.00 bits per heavy atom. The zero-order chi connectivity index (χ0) is 12.7. The molecule has 0 bridgehead atoms. The normalized spacial score (nSPS) is 12.4. The summed E-state index contributed by atoms with van der Waals surface area (Å²) < 4.78 is 5.12. The molecule has 0 saturated carbocycles. The fourth-order valence-electron chi connectivity index (χ4n) is 1.01. The first-order chi connectivity index (χ1) is 8.15. The maximum Gasteiger partial charge on any atom is 0.347 e. The number of azo groups is 1. The number of rotatable bonds is 4. The quantitative estimate of drug-likeness (QED) is 0.480. The van der Waals surface area contributed by atoms with Crippen LogP contribution in [0.2, 0.25) is 0 Å². The molecule has 0 heterocycles. The third-order valence-electron chi connectivity index (χ3n) is 1.84. The fraction of sp³-hybridized carbons (Fsp3) is 0.250. The number of hydrogen-bond acceptors (Lipinski definition) is 4. The summed E-state index contributed by atoms with van der Waals surface area (Å²) >= 11 is 3.13. The van der Waals surface area contributed by atoms with E-state index in [4.69, 9.17) is 4.74 Å². The molecule has 0 unspecified atom stereocenters. The number of carbonyl (C=O) groups is 1. The number of esters is 1. The van der Waals surface area contributed by atoms with Crippen LogP contribution in [-0.2, 0) is 9.53 Å². The highest BCUT2D eigenvalue weighted by molar-refractivity contribution is 9.12. The van der Waals surface area contributed by atoms with Crippen LogP contribution >= 0.6 is 15.9 Å². The lowest BCUT2D eigenvalue weighted by Gasteiger charge is -2.00. The Morgan fingerprint density at radius 3 is 2.59 bits per heavy atom. The van der Waals surface area contributed by atoms with Crippen LogP contribution in [0.5, 0.6) is 0 Å². The van der Waals surface area contributed by atoms with Crippen molar-refractivity contribution in [2.45, 2.75) is 13.8 Å². The van der Waals surface area contributed by atoms with Crippen molar-refractivity contribution in [3.05, 3.63) is 40.5 Å². The van der Waals surface area contributed by atoms with Crippen LogP contribution in [0.1, 0.15) is 13.8 Å². The van der Waals surface area contributed by atoms with Crippen LogP contribution in [0.4, 0.5) is 5.69 Å². The molecular weight excluding hydrogens is 284 g/mol. The Morgan fingerprint density at radius 1 is 1.35 bits per heavy atom. The van der Waals surface area contributed by atoms with Crippen LogP contribution in [-0.4, -0.2) is 12.6 Å². The van der Waals surface area contributed by atoms with Crippen molar-refractivity contribution >= 4 is 27.6 Å². The number of allylic oxidation sites excluding steroid dienone is 1. The zero-order valence-electron chi connectivity index (χ0n) is 9.68. The summed E-state index contributed by atoms with van der Waals surface area (Å²) in [5.41, 5.74) is 1.21. The van der Waals surface area contributed by atoms with Gasteiger partial charge < -0.3 is 4.74 Å². The first kappa shape index (κ1) is 13.6. The van der Waals surface area contributed by atoms with E-state index < -0.39 is 5.97 Å². The Balaban J connectivity index is 2.77. The van der Waals surface area contributed by atoms with Crippen LogP contribution < -0.4 is 0 Å². The fourth-order valence-corrected chi connectivity index (χ4v) is 1.21. The van der Waals surface area contributed by atoms with Crippen LogP contribution in [0, 0.1) is 0 Å². The van der Waals surface area contributed by atoms with Gasteiger partial charge in [0.25, 0.3) is 0 Å². The molecule has 1 rings (SSSR count). The summed E-state index contributed by atoms with van der Waals surface area (Å²) in [6.45, 7) is 3.77. The number of carbonyl (C=O) groups excluding carboxylic acids is 1. The van der Waals surface area contributed by atoms with E-state index in [1.54, 1.807) is 13.8 Å². The summed E-state index contributed by atoms with van der Waals surface area (Å²) in [5, 5.41) is 7.95. The molecule has 0 aliphatic heterocycles. The molecule has 1 aromatic rings. The van der Waals surface area contributed by atoms with Gasteiger partial charge in [-0.2, -0.15) is 10.2 Å². The lowest BCUT2D eigenvalue weighted by molar-refractivity contribution is -0.137. The molecule has 0 aromatic heterocycles. The zero-order valence-corrected chi connectivity index (χ0v) is 11.3. The Hall–Kier alpha value is -1.49. The van der Waals surface area contributed by atoms with Gasteiger partial charge in [-0.3, -0.25) is 0 Å². The molecule has 0 saturated heterocycles. The second-order valence-corrected chi connectivity index (χ2v) is 3.95. The molecule has 0 aliphatic rings. The van der Waals surface area contributed by atoms with Gasteiger partial charge in [0.1, 0.15) is 4.48 Å². The number of halogens is 1. The van der Waals surface area contributed by atoms with Crippen molar-refractivity contribution in [3.63, 3.8) is 0 Å². The highest BCUT2D eigenvalue weighted by Gasteiger charge is 2.10. The number of ether oxygens (including phenoxy) is 1. The van der Waals surface area contributed by atoms with E-state index in [-0.39, 0.29) is 0 Å². The lowest BCUT2D eigenvalue weighted by Crippen LogP contribution is -2.04. The lowest BCUT2D eigenvalue weighted by atomic mass is 10.3. The summed E-state index contributed by atoms with van der Waals surface area (Å²) in [6, 6.07) is 9.29. The number of hydrogen-bond donors (Lipinski definition) is 0. The molecule has 90 valence electrons. The van der Waals surface area contributed by atoms with Gasteiger partial charge in [-0.05, 0) is 41.9 Å². The van der Waals surface area contributed by atoms with Crippen molar-refractivity contribution in [2.75, 3.05) is 6.61 Å². The first-order valence-corrected chi connectivity index (χ1v) is 5.94. The predicted octanol–water partition coefficient (Wildman–Crippen LogP) is 3.96. The molecule has 0 spiro atoms. The third-order valence-corrected chi connectivity index (χ3v) is 2.74. The molecule has 0 aliphatic carbocycles. The first-order valence-electron chi connectivity index (χ1n) is 5.15. The minimum atomic E-state index is -0.433. The van der Waals surface area contributed by atoms with Crippen molar-refractivity contribution < 1.29 is 9.53 Å². The maximum atomic E-state index is 11.4. The van der Waals surface area contributed by atoms with Crippen LogP contribution in [0.3, 0.4) is 0 Å². The number of nitrogens with zero attached hydrogens (tertiary/aromatic N) is 2. The van der Waals surface area contributed by atoms with Gasteiger partial charge in [0.05, 0.1) is 18.0 Å². The summed E-state index contributed by atoms with van der Waals surface area (Å²) in [6.07, 6.45) is 0. The van der Waals surface area contributed by atoms with Gasteiger partial charge in [0.2, 0.25) is 0 Å². The van der Waals surface area contributed by atoms with E-state index in [0.717, 1.165) is 5.69 Å². The highest BCUT2D eigenvalue weighted by atomic mass is 79.9. The van der Waals surface area contributed by atoms with Gasteiger partial charge in [-0.25, -0.2) is 4.79 Å². The topological polar surface area (TPSA) is 51.0 Å². The van der Waals surface area contributed by atoms with Gasteiger partial charge >= 0.3 is 5.97 Å². The largest absolute Gasteiger partial charge is 0.462 e. The molecule has 5 heteroatoms. The molecular formula is C12H13BrN2O2. The molecule has 0 radical (unpaired) electrons. The highest BCUT2D eigenvalue weighted by Crippen LogP contribution is 2.18. The summed E-state index contributed by atoms with van der Waals surface area (Å²) in [7, 11) is 0. The minimum Gasteiger partial charge on any atom is -0.462 e. The van der Waals surface area contributed by atoms with Crippen LogP contribution in [0.15, 0.2) is 50.7 Å².